The molecule has 2 aliphatic rings. The summed E-state index contributed by atoms with van der Waals surface area (Å²) in [5, 5.41) is 0. The van der Waals surface area contributed by atoms with Crippen LogP contribution in [-0.4, -0.2) is 70.0 Å². The van der Waals surface area contributed by atoms with E-state index in [-0.39, 0.29) is 5.91 Å². The second kappa shape index (κ2) is 8.28. The first kappa shape index (κ1) is 17.6. The molecule has 0 spiro atoms. The molecule has 2 saturated heterocycles. The van der Waals surface area contributed by atoms with Gasteiger partial charge in [0.15, 0.2) is 0 Å². The van der Waals surface area contributed by atoms with Gasteiger partial charge in [-0.25, -0.2) is 19.9 Å². The highest BCUT2D eigenvalue weighted by molar-refractivity contribution is 5.92. The van der Waals surface area contributed by atoms with E-state index in [0.717, 1.165) is 45.0 Å². The first-order valence-corrected chi connectivity index (χ1v) is 9.70. The van der Waals surface area contributed by atoms with Crippen LogP contribution in [0.4, 0.5) is 11.9 Å². The molecule has 2 aromatic heterocycles. The summed E-state index contributed by atoms with van der Waals surface area (Å²) in [6, 6.07) is 3.52. The Hall–Kier alpha value is -2.77. The van der Waals surface area contributed by atoms with Crippen LogP contribution in [-0.2, 0) is 0 Å². The maximum atomic E-state index is 12.9. The van der Waals surface area contributed by atoms with Crippen molar-refractivity contribution in [2.45, 2.75) is 25.7 Å². The molecule has 2 fully saturated rings. The average Bonchev–Trinajstić information content (AvgIpc) is 3.04. The quantitative estimate of drug-likeness (QED) is 0.815. The second-order valence-corrected chi connectivity index (χ2v) is 6.97. The standard InChI is InChI=1S/C19H25N7O/c27-17(24-12-14-26(15-13-24)18-20-7-5-8-21-18)16-6-9-22-19(23-16)25-10-3-1-2-4-11-25/h5-9H,1-4,10-15H2. The van der Waals surface area contributed by atoms with Crippen LogP contribution < -0.4 is 9.80 Å². The Balaban J connectivity index is 1.40. The lowest BCUT2D eigenvalue weighted by molar-refractivity contribution is 0.0740. The number of nitrogens with zero attached hydrogens (tertiary/aromatic N) is 7. The van der Waals surface area contributed by atoms with E-state index in [1.165, 1.54) is 12.8 Å². The van der Waals surface area contributed by atoms with Gasteiger partial charge in [0.05, 0.1) is 0 Å². The van der Waals surface area contributed by atoms with E-state index in [2.05, 4.69) is 29.7 Å². The molecular weight excluding hydrogens is 342 g/mol. The molecule has 0 aliphatic carbocycles. The minimum Gasteiger partial charge on any atom is -0.341 e. The number of hydrogen-bond donors (Lipinski definition) is 0. The van der Waals surface area contributed by atoms with Gasteiger partial charge in [-0.3, -0.25) is 4.79 Å². The van der Waals surface area contributed by atoms with Crippen LogP contribution in [0.3, 0.4) is 0 Å². The fourth-order valence-electron chi connectivity index (χ4n) is 3.62. The van der Waals surface area contributed by atoms with Gasteiger partial charge >= 0.3 is 0 Å². The second-order valence-electron chi connectivity index (χ2n) is 6.97. The monoisotopic (exact) mass is 367 g/mol. The molecule has 4 rings (SSSR count). The van der Waals surface area contributed by atoms with Crippen LogP contribution in [0, 0.1) is 0 Å². The van der Waals surface area contributed by atoms with Gasteiger partial charge in [0.25, 0.3) is 5.91 Å². The maximum absolute atomic E-state index is 12.9. The average molecular weight is 367 g/mol. The lowest BCUT2D eigenvalue weighted by atomic mass is 10.2. The first-order chi connectivity index (χ1) is 13.3. The van der Waals surface area contributed by atoms with Gasteiger partial charge in [-0.2, -0.15) is 0 Å². The van der Waals surface area contributed by atoms with Crippen LogP contribution in [0.2, 0.25) is 0 Å². The van der Waals surface area contributed by atoms with E-state index in [1.54, 1.807) is 30.7 Å². The van der Waals surface area contributed by atoms with Crippen molar-refractivity contribution in [1.82, 2.24) is 24.8 Å². The zero-order valence-corrected chi connectivity index (χ0v) is 15.5. The molecule has 142 valence electrons. The van der Waals surface area contributed by atoms with Gasteiger partial charge in [-0.15, -0.1) is 0 Å². The summed E-state index contributed by atoms with van der Waals surface area (Å²) in [6.07, 6.45) is 10.0. The molecule has 0 unspecified atom stereocenters. The van der Waals surface area contributed by atoms with Crippen molar-refractivity contribution in [2.24, 2.45) is 0 Å². The van der Waals surface area contributed by atoms with Crippen LogP contribution in [0.15, 0.2) is 30.7 Å². The smallest absolute Gasteiger partial charge is 0.272 e. The first-order valence-electron chi connectivity index (χ1n) is 9.70. The third kappa shape index (κ3) is 4.15. The number of piperazine rings is 1. The highest BCUT2D eigenvalue weighted by Crippen LogP contribution is 2.17. The third-order valence-electron chi connectivity index (χ3n) is 5.15. The third-order valence-corrected chi connectivity index (χ3v) is 5.15. The molecule has 4 heterocycles. The molecule has 0 bridgehead atoms. The predicted octanol–water partition coefficient (Wildman–Crippen LogP) is 1.61. The molecule has 2 aromatic rings. The Morgan fingerprint density at radius 1 is 0.741 bits per heavy atom. The summed E-state index contributed by atoms with van der Waals surface area (Å²) in [5.41, 5.74) is 0.480. The fourth-order valence-corrected chi connectivity index (χ4v) is 3.62. The van der Waals surface area contributed by atoms with Crippen LogP contribution in [0.25, 0.3) is 0 Å². The minimum absolute atomic E-state index is 0.0258. The van der Waals surface area contributed by atoms with Crippen LogP contribution in [0.1, 0.15) is 36.2 Å². The van der Waals surface area contributed by atoms with E-state index in [4.69, 9.17) is 0 Å². The van der Waals surface area contributed by atoms with Crippen LogP contribution >= 0.6 is 0 Å². The Labute approximate surface area is 159 Å². The molecule has 27 heavy (non-hydrogen) atoms. The van der Waals surface area contributed by atoms with Gasteiger partial charge in [-0.05, 0) is 25.0 Å². The zero-order chi connectivity index (χ0) is 18.5. The topological polar surface area (TPSA) is 78.4 Å². The number of anilines is 2. The molecule has 2 aliphatic heterocycles. The summed E-state index contributed by atoms with van der Waals surface area (Å²) in [6.45, 7) is 4.65. The van der Waals surface area contributed by atoms with E-state index < -0.39 is 0 Å². The molecule has 0 radical (unpaired) electrons. The van der Waals surface area contributed by atoms with Gasteiger partial charge in [-0.1, -0.05) is 12.8 Å². The largest absolute Gasteiger partial charge is 0.341 e. The number of rotatable bonds is 3. The molecule has 0 N–H and O–H groups in total. The Morgan fingerprint density at radius 3 is 2.07 bits per heavy atom. The Bertz CT molecular complexity index is 754. The molecule has 0 aromatic carbocycles. The van der Waals surface area contributed by atoms with E-state index in [0.29, 0.717) is 24.7 Å². The number of carbonyl (C=O) groups excluding carboxylic acids is 1. The zero-order valence-electron chi connectivity index (χ0n) is 15.5. The summed E-state index contributed by atoms with van der Waals surface area (Å²) >= 11 is 0. The van der Waals surface area contributed by atoms with Gasteiger partial charge in [0, 0.05) is 57.9 Å². The lowest BCUT2D eigenvalue weighted by Gasteiger charge is -2.34. The molecule has 0 atom stereocenters. The predicted molar refractivity (Wildman–Crippen MR) is 103 cm³/mol. The van der Waals surface area contributed by atoms with Crippen molar-refractivity contribution in [2.75, 3.05) is 49.1 Å². The molecule has 8 heteroatoms. The van der Waals surface area contributed by atoms with Gasteiger partial charge < -0.3 is 14.7 Å². The van der Waals surface area contributed by atoms with Crippen molar-refractivity contribution in [1.29, 1.82) is 0 Å². The molecule has 1 amide bonds. The minimum atomic E-state index is -0.0258. The number of aromatic nitrogens is 4. The van der Waals surface area contributed by atoms with E-state index in [9.17, 15) is 4.79 Å². The maximum Gasteiger partial charge on any atom is 0.272 e. The summed E-state index contributed by atoms with van der Waals surface area (Å²) in [4.78, 5) is 36.6. The van der Waals surface area contributed by atoms with Crippen molar-refractivity contribution >= 4 is 17.8 Å². The number of carbonyl (C=O) groups is 1. The van der Waals surface area contributed by atoms with Crippen molar-refractivity contribution in [3.8, 4) is 0 Å². The highest BCUT2D eigenvalue weighted by atomic mass is 16.2. The van der Waals surface area contributed by atoms with E-state index >= 15 is 0 Å². The fraction of sp³-hybridized carbons (Fsp3) is 0.526. The van der Waals surface area contributed by atoms with Crippen molar-refractivity contribution < 1.29 is 4.79 Å². The number of hydrogen-bond acceptors (Lipinski definition) is 7. The summed E-state index contributed by atoms with van der Waals surface area (Å²) < 4.78 is 0. The van der Waals surface area contributed by atoms with Crippen LogP contribution in [0.5, 0.6) is 0 Å². The molecular formula is C19H25N7O. The van der Waals surface area contributed by atoms with Gasteiger partial charge in [0.2, 0.25) is 11.9 Å². The van der Waals surface area contributed by atoms with Crippen molar-refractivity contribution in [3.63, 3.8) is 0 Å². The SMILES string of the molecule is O=C(c1ccnc(N2CCCCCC2)n1)N1CCN(c2ncccn2)CC1. The summed E-state index contributed by atoms with van der Waals surface area (Å²) in [5.74, 6) is 1.37. The normalized spacial score (nSPS) is 18.3. The van der Waals surface area contributed by atoms with E-state index in [1.807, 2.05) is 4.90 Å². The highest BCUT2D eigenvalue weighted by Gasteiger charge is 2.25. The lowest BCUT2D eigenvalue weighted by Crippen LogP contribution is -2.49. The Morgan fingerprint density at radius 2 is 1.37 bits per heavy atom. The number of amides is 1. The van der Waals surface area contributed by atoms with Gasteiger partial charge in [0.1, 0.15) is 5.69 Å². The van der Waals surface area contributed by atoms with Crippen molar-refractivity contribution in [3.05, 3.63) is 36.4 Å². The summed E-state index contributed by atoms with van der Waals surface area (Å²) in [7, 11) is 0. The molecule has 8 nitrogen and oxygen atoms in total. The molecule has 0 saturated carbocycles. The Kier molecular flexibility index (Phi) is 5.41.